The molecule has 126 valence electrons. The van der Waals surface area contributed by atoms with E-state index in [2.05, 4.69) is 24.5 Å². The topological polar surface area (TPSA) is 70.6 Å². The smallest absolute Gasteiger partial charge is 0.257 e. The number of benzene rings is 2. The maximum absolute atomic E-state index is 12.2. The molecule has 5 nitrogen and oxygen atoms in total. The Labute approximate surface area is 146 Å². The first-order valence-corrected chi connectivity index (χ1v) is 7.99. The fourth-order valence-electron chi connectivity index (χ4n) is 1.89. The van der Waals surface area contributed by atoms with Crippen LogP contribution in [-0.4, -0.2) is 22.7 Å². The number of aromatic hydroxyl groups is 1. The van der Waals surface area contributed by atoms with Crippen LogP contribution >= 0.6 is 12.2 Å². The van der Waals surface area contributed by atoms with Crippen molar-refractivity contribution >= 4 is 28.9 Å². The molecule has 0 spiro atoms. The quantitative estimate of drug-likeness (QED) is 0.724. The highest BCUT2D eigenvalue weighted by molar-refractivity contribution is 7.80. The molecule has 0 atom stereocenters. The number of carbonyl (C=O) groups excluding carboxylic acids is 1. The molecular formula is C18H20N2O3S. The predicted octanol–water partition coefficient (Wildman–Crippen LogP) is 3.55. The minimum atomic E-state index is -0.317. The van der Waals surface area contributed by atoms with Crippen LogP contribution in [0.25, 0.3) is 0 Å². The standard InChI is InChI=1S/C18H20N2O3S/c1-12(2)11-23-16-8-6-13(7-9-16)17(22)20-18(24)19-14-4-3-5-15(21)10-14/h3-10,12,21H,11H2,1-2H3,(H2,19,20,22,24). The molecule has 0 bridgehead atoms. The monoisotopic (exact) mass is 344 g/mol. The van der Waals surface area contributed by atoms with Crippen molar-refractivity contribution in [3.05, 3.63) is 54.1 Å². The molecule has 0 radical (unpaired) electrons. The van der Waals surface area contributed by atoms with Gasteiger partial charge in [-0.3, -0.25) is 10.1 Å². The lowest BCUT2D eigenvalue weighted by atomic mass is 10.2. The molecule has 6 heteroatoms. The van der Waals surface area contributed by atoms with E-state index < -0.39 is 0 Å². The second-order valence-corrected chi connectivity index (χ2v) is 6.10. The van der Waals surface area contributed by atoms with Crippen molar-refractivity contribution in [2.75, 3.05) is 11.9 Å². The summed E-state index contributed by atoms with van der Waals surface area (Å²) in [6, 6.07) is 13.3. The molecule has 2 aromatic rings. The van der Waals surface area contributed by atoms with Crippen molar-refractivity contribution in [2.45, 2.75) is 13.8 Å². The minimum Gasteiger partial charge on any atom is -0.508 e. The van der Waals surface area contributed by atoms with Gasteiger partial charge in [-0.25, -0.2) is 0 Å². The fourth-order valence-corrected chi connectivity index (χ4v) is 2.10. The molecule has 0 unspecified atom stereocenters. The molecule has 2 rings (SSSR count). The maximum Gasteiger partial charge on any atom is 0.257 e. The van der Waals surface area contributed by atoms with Crippen LogP contribution in [0.3, 0.4) is 0 Å². The van der Waals surface area contributed by atoms with E-state index >= 15 is 0 Å². The van der Waals surface area contributed by atoms with E-state index in [1.165, 1.54) is 6.07 Å². The summed E-state index contributed by atoms with van der Waals surface area (Å²) in [6.07, 6.45) is 0. The van der Waals surface area contributed by atoms with Gasteiger partial charge in [0.25, 0.3) is 5.91 Å². The highest BCUT2D eigenvalue weighted by Crippen LogP contribution is 2.16. The van der Waals surface area contributed by atoms with Gasteiger partial charge in [-0.05, 0) is 54.5 Å². The molecule has 0 heterocycles. The second kappa shape index (κ2) is 8.31. The SMILES string of the molecule is CC(C)COc1ccc(C(=O)NC(=S)Nc2cccc(O)c2)cc1. The molecule has 0 aliphatic heterocycles. The molecule has 0 saturated heterocycles. The van der Waals surface area contributed by atoms with Gasteiger partial charge in [0, 0.05) is 17.3 Å². The van der Waals surface area contributed by atoms with Crippen molar-refractivity contribution < 1.29 is 14.6 Å². The fraction of sp³-hybridized carbons (Fsp3) is 0.222. The summed E-state index contributed by atoms with van der Waals surface area (Å²) in [5, 5.41) is 15.0. The summed E-state index contributed by atoms with van der Waals surface area (Å²) in [5.41, 5.74) is 1.07. The first kappa shape index (κ1) is 17.7. The molecule has 0 aliphatic carbocycles. The lowest BCUT2D eigenvalue weighted by Gasteiger charge is -2.11. The number of hydrogen-bond acceptors (Lipinski definition) is 4. The van der Waals surface area contributed by atoms with Crippen LogP contribution < -0.4 is 15.4 Å². The third kappa shape index (κ3) is 5.55. The molecular weight excluding hydrogens is 324 g/mol. The van der Waals surface area contributed by atoms with E-state index in [0.29, 0.717) is 23.8 Å². The average Bonchev–Trinajstić information content (AvgIpc) is 2.53. The Morgan fingerprint density at radius 2 is 1.92 bits per heavy atom. The van der Waals surface area contributed by atoms with Crippen LogP contribution in [0.2, 0.25) is 0 Å². The predicted molar refractivity (Wildman–Crippen MR) is 98.6 cm³/mol. The molecule has 3 N–H and O–H groups in total. The Morgan fingerprint density at radius 1 is 1.21 bits per heavy atom. The van der Waals surface area contributed by atoms with Crippen molar-refractivity contribution in [3.63, 3.8) is 0 Å². The lowest BCUT2D eigenvalue weighted by molar-refractivity contribution is 0.0977. The summed E-state index contributed by atoms with van der Waals surface area (Å²) in [7, 11) is 0. The first-order valence-electron chi connectivity index (χ1n) is 7.58. The van der Waals surface area contributed by atoms with Gasteiger partial charge < -0.3 is 15.2 Å². The van der Waals surface area contributed by atoms with Gasteiger partial charge in [0.05, 0.1) is 6.61 Å². The zero-order chi connectivity index (χ0) is 17.5. The molecule has 0 aromatic heterocycles. The molecule has 0 fully saturated rings. The van der Waals surface area contributed by atoms with Crippen LogP contribution in [0, 0.1) is 5.92 Å². The van der Waals surface area contributed by atoms with E-state index in [9.17, 15) is 9.90 Å². The largest absolute Gasteiger partial charge is 0.508 e. The number of phenolic OH excluding ortho intramolecular Hbond substituents is 1. The number of thiocarbonyl (C=S) groups is 1. The first-order chi connectivity index (χ1) is 11.4. The number of hydrogen-bond donors (Lipinski definition) is 3. The van der Waals surface area contributed by atoms with Crippen LogP contribution in [0.4, 0.5) is 5.69 Å². The van der Waals surface area contributed by atoms with Gasteiger partial charge in [0.15, 0.2) is 5.11 Å². The van der Waals surface area contributed by atoms with E-state index in [1.54, 1.807) is 42.5 Å². The van der Waals surface area contributed by atoms with Gasteiger partial charge in [0.2, 0.25) is 0 Å². The Kier molecular flexibility index (Phi) is 6.14. The van der Waals surface area contributed by atoms with E-state index in [4.69, 9.17) is 17.0 Å². The molecule has 2 aromatic carbocycles. The number of rotatable bonds is 5. The third-order valence-corrected chi connectivity index (χ3v) is 3.24. The Bertz CT molecular complexity index is 714. The van der Waals surface area contributed by atoms with Gasteiger partial charge in [-0.15, -0.1) is 0 Å². The highest BCUT2D eigenvalue weighted by atomic mass is 32.1. The Balaban J connectivity index is 1.90. The summed E-state index contributed by atoms with van der Waals surface area (Å²) < 4.78 is 5.58. The van der Waals surface area contributed by atoms with E-state index in [0.717, 1.165) is 5.75 Å². The third-order valence-electron chi connectivity index (χ3n) is 3.03. The Morgan fingerprint density at radius 3 is 2.54 bits per heavy atom. The zero-order valence-corrected chi connectivity index (χ0v) is 14.4. The summed E-state index contributed by atoms with van der Waals surface area (Å²) in [4.78, 5) is 12.2. The van der Waals surface area contributed by atoms with Gasteiger partial charge in [-0.1, -0.05) is 19.9 Å². The number of amides is 1. The van der Waals surface area contributed by atoms with Crippen LogP contribution in [-0.2, 0) is 0 Å². The molecule has 1 amide bonds. The number of carbonyl (C=O) groups is 1. The number of anilines is 1. The lowest BCUT2D eigenvalue weighted by Crippen LogP contribution is -2.34. The zero-order valence-electron chi connectivity index (χ0n) is 13.6. The Hall–Kier alpha value is -2.60. The second-order valence-electron chi connectivity index (χ2n) is 5.69. The average molecular weight is 344 g/mol. The number of phenols is 1. The molecule has 0 saturated carbocycles. The van der Waals surface area contributed by atoms with Gasteiger partial charge >= 0.3 is 0 Å². The van der Waals surface area contributed by atoms with E-state index in [1.807, 2.05) is 0 Å². The van der Waals surface area contributed by atoms with Crippen LogP contribution in [0.1, 0.15) is 24.2 Å². The summed E-state index contributed by atoms with van der Waals surface area (Å²) in [5.74, 6) is 0.962. The van der Waals surface area contributed by atoms with Crippen LogP contribution in [0.15, 0.2) is 48.5 Å². The maximum atomic E-state index is 12.2. The number of nitrogens with one attached hydrogen (secondary N) is 2. The molecule has 0 aliphatic rings. The summed E-state index contributed by atoms with van der Waals surface area (Å²) in [6.45, 7) is 4.77. The van der Waals surface area contributed by atoms with Crippen molar-refractivity contribution in [1.82, 2.24) is 5.32 Å². The summed E-state index contributed by atoms with van der Waals surface area (Å²) >= 11 is 5.10. The van der Waals surface area contributed by atoms with Crippen molar-refractivity contribution in [2.24, 2.45) is 5.92 Å². The van der Waals surface area contributed by atoms with Crippen LogP contribution in [0.5, 0.6) is 11.5 Å². The van der Waals surface area contributed by atoms with Crippen molar-refractivity contribution in [3.8, 4) is 11.5 Å². The van der Waals surface area contributed by atoms with Crippen molar-refractivity contribution in [1.29, 1.82) is 0 Å². The highest BCUT2D eigenvalue weighted by Gasteiger charge is 2.08. The van der Waals surface area contributed by atoms with Gasteiger partial charge in [0.1, 0.15) is 11.5 Å². The van der Waals surface area contributed by atoms with E-state index in [-0.39, 0.29) is 16.8 Å². The number of ether oxygens (including phenoxy) is 1. The van der Waals surface area contributed by atoms with Gasteiger partial charge in [-0.2, -0.15) is 0 Å². The normalized spacial score (nSPS) is 10.3. The molecule has 24 heavy (non-hydrogen) atoms. The minimum absolute atomic E-state index is 0.117.